The van der Waals surface area contributed by atoms with Gasteiger partial charge in [0, 0.05) is 16.5 Å². The predicted molar refractivity (Wildman–Crippen MR) is 103 cm³/mol. The van der Waals surface area contributed by atoms with Gasteiger partial charge in [-0.25, -0.2) is 9.97 Å². The number of H-pyrrole nitrogens is 1. The van der Waals surface area contributed by atoms with Crippen LogP contribution in [0.15, 0.2) is 71.0 Å². The number of benzene rings is 2. The van der Waals surface area contributed by atoms with Crippen molar-refractivity contribution in [2.45, 2.75) is 23.0 Å². The van der Waals surface area contributed by atoms with Gasteiger partial charge < -0.3 is 9.55 Å². The Kier molecular flexibility index (Phi) is 4.77. The van der Waals surface area contributed by atoms with Crippen LogP contribution in [0.2, 0.25) is 5.02 Å². The fraction of sp³-hybridized carbons (Fsp3) is 0.105. The lowest BCUT2D eigenvalue weighted by Gasteiger charge is -2.06. The second-order valence-electron chi connectivity index (χ2n) is 5.82. The van der Waals surface area contributed by atoms with Gasteiger partial charge in [0.05, 0.1) is 6.33 Å². The van der Waals surface area contributed by atoms with Crippen molar-refractivity contribution in [1.82, 2.24) is 19.5 Å². The summed E-state index contributed by atoms with van der Waals surface area (Å²) < 4.78 is 1.99. The van der Waals surface area contributed by atoms with Crippen molar-refractivity contribution >= 4 is 34.5 Å². The smallest absolute Gasteiger partial charge is 0.173 e. The molecule has 0 aliphatic heterocycles. The van der Waals surface area contributed by atoms with Crippen LogP contribution in [0.3, 0.4) is 0 Å². The van der Waals surface area contributed by atoms with E-state index in [-0.39, 0.29) is 5.49 Å². The molecule has 0 radical (unpaired) electrons. The number of hydrogen-bond donors (Lipinski definition) is 2. The van der Waals surface area contributed by atoms with Gasteiger partial charge in [-0.1, -0.05) is 53.7 Å². The molecule has 4 rings (SSSR count). The van der Waals surface area contributed by atoms with Crippen LogP contribution in [0.4, 0.5) is 0 Å². The van der Waals surface area contributed by atoms with Gasteiger partial charge in [-0.3, -0.25) is 5.41 Å². The second-order valence-corrected chi connectivity index (χ2v) is 7.32. The zero-order valence-electron chi connectivity index (χ0n) is 13.8. The Hall–Kier alpha value is -2.57. The molecule has 2 aromatic carbocycles. The fourth-order valence-electron chi connectivity index (χ4n) is 2.68. The number of aromatic nitrogens is 4. The summed E-state index contributed by atoms with van der Waals surface area (Å²) in [7, 11) is 0. The Morgan fingerprint density at radius 2 is 1.85 bits per heavy atom. The molecule has 26 heavy (non-hydrogen) atoms. The molecular formula is C19H16ClN5S. The monoisotopic (exact) mass is 381 g/mol. The number of imidazole rings is 1. The lowest BCUT2D eigenvalue weighted by Crippen LogP contribution is -2.13. The first kappa shape index (κ1) is 16.9. The standard InChI is InChI=1S/C19H16ClN5S/c20-14-6-8-15(9-7-14)26-19-23-16-17(21)22-12-25(18(16)24-19)11-10-13-4-2-1-3-5-13/h1-9,12,21H,10-11H2,(H,23,24). The highest BCUT2D eigenvalue weighted by atomic mass is 35.5. The zero-order valence-corrected chi connectivity index (χ0v) is 15.4. The van der Waals surface area contributed by atoms with Crippen LogP contribution < -0.4 is 5.49 Å². The number of nitrogens with zero attached hydrogens (tertiary/aromatic N) is 3. The summed E-state index contributed by atoms with van der Waals surface area (Å²) in [4.78, 5) is 13.1. The molecule has 130 valence electrons. The van der Waals surface area contributed by atoms with Crippen molar-refractivity contribution in [1.29, 1.82) is 5.41 Å². The van der Waals surface area contributed by atoms with E-state index in [0.29, 0.717) is 10.5 Å². The lowest BCUT2D eigenvalue weighted by atomic mass is 10.1. The molecule has 0 aliphatic carbocycles. The van der Waals surface area contributed by atoms with Crippen molar-refractivity contribution in [3.63, 3.8) is 0 Å². The van der Waals surface area contributed by atoms with Crippen LogP contribution in [0.1, 0.15) is 5.56 Å². The maximum Gasteiger partial charge on any atom is 0.173 e. The van der Waals surface area contributed by atoms with E-state index in [1.54, 1.807) is 6.33 Å². The molecule has 4 aromatic rings. The van der Waals surface area contributed by atoms with Crippen molar-refractivity contribution < 1.29 is 0 Å². The Morgan fingerprint density at radius 3 is 2.62 bits per heavy atom. The number of rotatable bonds is 5. The van der Waals surface area contributed by atoms with Crippen LogP contribution in [0, 0.1) is 5.41 Å². The maximum atomic E-state index is 8.06. The van der Waals surface area contributed by atoms with Gasteiger partial charge >= 0.3 is 0 Å². The van der Waals surface area contributed by atoms with Gasteiger partial charge in [0.25, 0.3) is 0 Å². The van der Waals surface area contributed by atoms with Crippen LogP contribution in [0.5, 0.6) is 0 Å². The Balaban J connectivity index is 1.62. The second kappa shape index (κ2) is 7.35. The first-order chi connectivity index (χ1) is 12.7. The summed E-state index contributed by atoms with van der Waals surface area (Å²) in [5, 5.41) is 9.49. The third kappa shape index (κ3) is 3.66. The summed E-state index contributed by atoms with van der Waals surface area (Å²) in [5.41, 5.74) is 2.86. The summed E-state index contributed by atoms with van der Waals surface area (Å²) in [6.07, 6.45) is 2.57. The van der Waals surface area contributed by atoms with Crippen molar-refractivity contribution in [2.24, 2.45) is 0 Å². The highest BCUT2D eigenvalue weighted by molar-refractivity contribution is 7.99. The minimum atomic E-state index is 0.200. The van der Waals surface area contributed by atoms with Crippen molar-refractivity contribution in [3.8, 4) is 0 Å². The molecule has 0 spiro atoms. The molecule has 0 bridgehead atoms. The molecule has 0 amide bonds. The molecule has 7 heteroatoms. The average molecular weight is 382 g/mol. The van der Waals surface area contributed by atoms with Gasteiger partial charge in [0.1, 0.15) is 5.52 Å². The number of halogens is 1. The van der Waals surface area contributed by atoms with Crippen LogP contribution >= 0.6 is 23.4 Å². The SMILES string of the molecule is N=c1ncn(CCc2ccccc2)c2nc(Sc3ccc(Cl)cc3)[nH]c12. The van der Waals surface area contributed by atoms with Crippen LogP contribution in [0.25, 0.3) is 11.2 Å². The summed E-state index contributed by atoms with van der Waals surface area (Å²) in [6.45, 7) is 0.754. The van der Waals surface area contributed by atoms with Crippen LogP contribution in [-0.4, -0.2) is 19.5 Å². The summed E-state index contributed by atoms with van der Waals surface area (Å²) >= 11 is 7.44. The normalized spacial score (nSPS) is 11.1. The molecular weight excluding hydrogens is 366 g/mol. The van der Waals surface area contributed by atoms with Gasteiger partial charge in [0.2, 0.25) is 0 Å². The van der Waals surface area contributed by atoms with E-state index < -0.39 is 0 Å². The third-order valence-corrected chi connectivity index (χ3v) is 5.16. The molecule has 2 heterocycles. The highest BCUT2D eigenvalue weighted by Crippen LogP contribution is 2.27. The molecule has 0 fully saturated rings. The molecule has 2 aromatic heterocycles. The van der Waals surface area contributed by atoms with E-state index >= 15 is 0 Å². The Bertz CT molecular complexity index is 1090. The summed E-state index contributed by atoms with van der Waals surface area (Å²) in [6, 6.07) is 17.9. The van der Waals surface area contributed by atoms with Crippen LogP contribution in [-0.2, 0) is 13.0 Å². The maximum absolute atomic E-state index is 8.06. The Morgan fingerprint density at radius 1 is 1.08 bits per heavy atom. The molecule has 5 nitrogen and oxygen atoms in total. The fourth-order valence-corrected chi connectivity index (χ4v) is 3.59. The minimum absolute atomic E-state index is 0.200. The predicted octanol–water partition coefficient (Wildman–Crippen LogP) is 4.29. The molecule has 0 unspecified atom stereocenters. The highest BCUT2D eigenvalue weighted by Gasteiger charge is 2.10. The van der Waals surface area contributed by atoms with Gasteiger partial charge in [-0.15, -0.1) is 0 Å². The van der Waals surface area contributed by atoms with Crippen molar-refractivity contribution in [2.75, 3.05) is 0 Å². The van der Waals surface area contributed by atoms with E-state index in [1.165, 1.54) is 17.3 Å². The Labute approximate surface area is 159 Å². The van der Waals surface area contributed by atoms with Gasteiger partial charge in [-0.2, -0.15) is 0 Å². The lowest BCUT2D eigenvalue weighted by molar-refractivity contribution is 0.691. The van der Waals surface area contributed by atoms with Gasteiger partial charge in [-0.05, 0) is 36.2 Å². The number of fused-ring (bicyclic) bond motifs is 1. The quantitative estimate of drug-likeness (QED) is 0.541. The first-order valence-electron chi connectivity index (χ1n) is 8.16. The van der Waals surface area contributed by atoms with E-state index in [2.05, 4.69) is 27.1 Å². The molecule has 0 atom stereocenters. The van der Waals surface area contributed by atoms with Gasteiger partial charge in [0.15, 0.2) is 16.3 Å². The minimum Gasteiger partial charge on any atom is -0.328 e. The topological polar surface area (TPSA) is 70.3 Å². The van der Waals surface area contributed by atoms with Crippen molar-refractivity contribution in [3.05, 3.63) is 77.0 Å². The van der Waals surface area contributed by atoms with E-state index in [0.717, 1.165) is 28.7 Å². The van der Waals surface area contributed by atoms with E-state index in [9.17, 15) is 0 Å². The number of nitrogens with one attached hydrogen (secondary N) is 2. The number of hydrogen-bond acceptors (Lipinski definition) is 4. The first-order valence-corrected chi connectivity index (χ1v) is 9.35. The molecule has 0 saturated heterocycles. The number of aromatic amines is 1. The molecule has 2 N–H and O–H groups in total. The van der Waals surface area contributed by atoms with E-state index in [1.807, 2.05) is 47.0 Å². The number of aryl methyl sites for hydroxylation is 2. The molecule has 0 saturated carbocycles. The zero-order chi connectivity index (χ0) is 17.9. The third-order valence-electron chi connectivity index (χ3n) is 4.01. The largest absolute Gasteiger partial charge is 0.328 e. The van der Waals surface area contributed by atoms with E-state index in [4.69, 9.17) is 17.0 Å². The molecule has 0 aliphatic rings. The summed E-state index contributed by atoms with van der Waals surface area (Å²) in [5.74, 6) is 0. The average Bonchev–Trinajstić information content (AvgIpc) is 3.09.